The van der Waals surface area contributed by atoms with E-state index in [9.17, 15) is 9.59 Å². The first-order valence-electron chi connectivity index (χ1n) is 7.52. The zero-order chi connectivity index (χ0) is 17.5. The second-order valence-corrected chi connectivity index (χ2v) is 5.95. The van der Waals surface area contributed by atoms with Crippen LogP contribution in [0.5, 0.6) is 0 Å². The summed E-state index contributed by atoms with van der Waals surface area (Å²) in [6.45, 7) is 4.59. The summed E-state index contributed by atoms with van der Waals surface area (Å²) < 4.78 is 6.45. The second kappa shape index (κ2) is 8.49. The van der Waals surface area contributed by atoms with Crippen LogP contribution >= 0.6 is 11.8 Å². The molecule has 2 aromatic rings. The Morgan fingerprint density at radius 2 is 2.04 bits per heavy atom. The number of aryl methyl sites for hydroxylation is 1. The highest BCUT2D eigenvalue weighted by molar-refractivity contribution is 7.99. The smallest absolute Gasteiger partial charge is 0.325 e. The van der Waals surface area contributed by atoms with Crippen LogP contribution in [-0.4, -0.2) is 46.0 Å². The second-order valence-electron chi connectivity index (χ2n) is 5.01. The van der Waals surface area contributed by atoms with Crippen molar-refractivity contribution in [3.05, 3.63) is 29.8 Å². The molecule has 128 valence electrons. The number of nitrogens with zero attached hydrogens (tertiary/aromatic N) is 3. The summed E-state index contributed by atoms with van der Waals surface area (Å²) in [7, 11) is 1.28. The number of carbonyl (C=O) groups is 2. The molecule has 0 unspecified atom stereocenters. The molecule has 1 heterocycles. The maximum Gasteiger partial charge on any atom is 0.325 e. The van der Waals surface area contributed by atoms with E-state index in [1.54, 1.807) is 0 Å². The highest BCUT2D eigenvalue weighted by atomic mass is 32.2. The molecule has 24 heavy (non-hydrogen) atoms. The van der Waals surface area contributed by atoms with Crippen molar-refractivity contribution in [1.82, 2.24) is 20.1 Å². The summed E-state index contributed by atoms with van der Waals surface area (Å²) in [5, 5.41) is 11.6. The number of amides is 1. The molecule has 1 N–H and O–H groups in total. The Bertz CT molecular complexity index is 730. The van der Waals surface area contributed by atoms with Crippen LogP contribution in [0.1, 0.15) is 12.5 Å². The summed E-state index contributed by atoms with van der Waals surface area (Å²) in [5.41, 5.74) is 2.14. The highest BCUT2D eigenvalue weighted by Crippen LogP contribution is 2.25. The van der Waals surface area contributed by atoms with Gasteiger partial charge in [-0.15, -0.1) is 10.2 Å². The number of rotatable bonds is 7. The molecule has 8 heteroatoms. The minimum absolute atomic E-state index is 0.134. The molecular weight excluding hydrogens is 328 g/mol. The van der Waals surface area contributed by atoms with Gasteiger partial charge in [0, 0.05) is 12.1 Å². The van der Waals surface area contributed by atoms with Crippen LogP contribution in [0.25, 0.3) is 11.4 Å². The number of carbonyl (C=O) groups excluding carboxylic acids is 2. The number of nitrogens with one attached hydrogen (secondary N) is 1. The summed E-state index contributed by atoms with van der Waals surface area (Å²) >= 11 is 1.29. The van der Waals surface area contributed by atoms with Crippen molar-refractivity contribution in [3.63, 3.8) is 0 Å². The van der Waals surface area contributed by atoms with Gasteiger partial charge in [0.15, 0.2) is 11.0 Å². The summed E-state index contributed by atoms with van der Waals surface area (Å²) in [5.74, 6) is 0.205. The van der Waals surface area contributed by atoms with Crippen molar-refractivity contribution in [3.8, 4) is 11.4 Å². The maximum absolute atomic E-state index is 11.8. The molecule has 0 bridgehead atoms. The van der Waals surface area contributed by atoms with Crippen molar-refractivity contribution < 1.29 is 14.3 Å². The molecule has 1 amide bonds. The molecule has 0 fully saturated rings. The molecule has 0 aliphatic carbocycles. The molecule has 1 aromatic heterocycles. The number of aromatic nitrogens is 3. The van der Waals surface area contributed by atoms with Crippen LogP contribution in [0, 0.1) is 6.92 Å². The van der Waals surface area contributed by atoms with Crippen molar-refractivity contribution in [2.75, 3.05) is 19.4 Å². The molecule has 0 saturated carbocycles. The molecule has 0 aliphatic heterocycles. The average molecular weight is 348 g/mol. The monoisotopic (exact) mass is 348 g/mol. The van der Waals surface area contributed by atoms with E-state index < -0.39 is 5.97 Å². The van der Waals surface area contributed by atoms with Gasteiger partial charge in [0.2, 0.25) is 5.91 Å². The Labute approximate surface area is 144 Å². The van der Waals surface area contributed by atoms with E-state index in [1.807, 2.05) is 42.7 Å². The van der Waals surface area contributed by atoms with E-state index in [2.05, 4.69) is 20.3 Å². The third-order valence-corrected chi connectivity index (χ3v) is 4.38. The number of esters is 1. The van der Waals surface area contributed by atoms with Gasteiger partial charge in [0.1, 0.15) is 6.54 Å². The van der Waals surface area contributed by atoms with Gasteiger partial charge in [0.25, 0.3) is 0 Å². The number of hydrogen-bond acceptors (Lipinski definition) is 6. The van der Waals surface area contributed by atoms with Crippen LogP contribution in [0.2, 0.25) is 0 Å². The van der Waals surface area contributed by atoms with E-state index in [4.69, 9.17) is 0 Å². The average Bonchev–Trinajstić information content (AvgIpc) is 3.00. The summed E-state index contributed by atoms with van der Waals surface area (Å²) in [6.07, 6.45) is 0. The van der Waals surface area contributed by atoms with Crippen LogP contribution in [-0.2, 0) is 20.9 Å². The van der Waals surface area contributed by atoms with Crippen LogP contribution < -0.4 is 5.32 Å². The van der Waals surface area contributed by atoms with E-state index >= 15 is 0 Å². The quantitative estimate of drug-likeness (QED) is 0.605. The number of thioether (sulfide) groups is 1. The van der Waals surface area contributed by atoms with Crippen molar-refractivity contribution in [2.45, 2.75) is 25.5 Å². The Hall–Kier alpha value is -2.35. The fourth-order valence-corrected chi connectivity index (χ4v) is 2.96. The SMILES string of the molecule is CCn1c(SCC(=O)NCC(=O)OC)nnc1-c1ccccc1C. The van der Waals surface area contributed by atoms with Crippen molar-refractivity contribution in [2.24, 2.45) is 0 Å². The highest BCUT2D eigenvalue weighted by Gasteiger charge is 2.16. The van der Waals surface area contributed by atoms with E-state index in [-0.39, 0.29) is 18.2 Å². The first kappa shape index (κ1) is 18.0. The van der Waals surface area contributed by atoms with Gasteiger partial charge in [-0.3, -0.25) is 9.59 Å². The van der Waals surface area contributed by atoms with Gasteiger partial charge < -0.3 is 14.6 Å². The minimum atomic E-state index is -0.480. The number of benzene rings is 1. The molecular formula is C16H20N4O3S. The Morgan fingerprint density at radius 1 is 1.29 bits per heavy atom. The normalized spacial score (nSPS) is 10.5. The van der Waals surface area contributed by atoms with Crippen molar-refractivity contribution >= 4 is 23.6 Å². The third-order valence-electron chi connectivity index (χ3n) is 3.41. The zero-order valence-electron chi connectivity index (χ0n) is 13.9. The summed E-state index contributed by atoms with van der Waals surface area (Å²) in [6, 6.07) is 7.97. The third kappa shape index (κ3) is 4.35. The molecule has 7 nitrogen and oxygen atoms in total. The van der Waals surface area contributed by atoms with Crippen LogP contribution in [0.3, 0.4) is 0 Å². The lowest BCUT2D eigenvalue weighted by Gasteiger charge is -2.09. The fourth-order valence-electron chi connectivity index (χ4n) is 2.13. The van der Waals surface area contributed by atoms with Gasteiger partial charge in [0.05, 0.1) is 12.9 Å². The molecule has 0 radical (unpaired) electrons. The number of methoxy groups -OCH3 is 1. The first-order valence-corrected chi connectivity index (χ1v) is 8.50. The zero-order valence-corrected chi connectivity index (χ0v) is 14.7. The molecule has 0 atom stereocenters. The number of hydrogen-bond donors (Lipinski definition) is 1. The lowest BCUT2D eigenvalue weighted by atomic mass is 10.1. The summed E-state index contributed by atoms with van der Waals surface area (Å²) in [4.78, 5) is 22.8. The van der Waals surface area contributed by atoms with Gasteiger partial charge in [-0.05, 0) is 19.4 Å². The molecule has 0 aliphatic rings. The van der Waals surface area contributed by atoms with Gasteiger partial charge in [-0.2, -0.15) is 0 Å². The van der Waals surface area contributed by atoms with E-state index in [0.29, 0.717) is 11.7 Å². The topological polar surface area (TPSA) is 86.1 Å². The first-order chi connectivity index (χ1) is 11.6. The predicted octanol–water partition coefficient (Wildman–Crippen LogP) is 1.65. The molecule has 1 aromatic carbocycles. The Morgan fingerprint density at radius 3 is 2.71 bits per heavy atom. The maximum atomic E-state index is 11.8. The van der Waals surface area contributed by atoms with Gasteiger partial charge in [-0.25, -0.2) is 0 Å². The van der Waals surface area contributed by atoms with E-state index in [1.165, 1.54) is 18.9 Å². The van der Waals surface area contributed by atoms with Crippen LogP contribution in [0.4, 0.5) is 0 Å². The minimum Gasteiger partial charge on any atom is -0.468 e. The standard InChI is InChI=1S/C16H20N4O3S/c1-4-20-15(12-8-6-5-7-11(12)2)18-19-16(20)24-10-13(21)17-9-14(22)23-3/h5-8H,4,9-10H2,1-3H3,(H,17,21). The predicted molar refractivity (Wildman–Crippen MR) is 91.6 cm³/mol. The lowest BCUT2D eigenvalue weighted by molar-refractivity contribution is -0.140. The van der Waals surface area contributed by atoms with E-state index in [0.717, 1.165) is 17.0 Å². The molecule has 0 spiro atoms. The van der Waals surface area contributed by atoms with Gasteiger partial charge >= 0.3 is 5.97 Å². The molecule has 2 rings (SSSR count). The number of ether oxygens (including phenoxy) is 1. The van der Waals surface area contributed by atoms with Crippen LogP contribution in [0.15, 0.2) is 29.4 Å². The fraction of sp³-hybridized carbons (Fsp3) is 0.375. The Balaban J connectivity index is 2.06. The lowest BCUT2D eigenvalue weighted by Crippen LogP contribution is -2.31. The molecule has 0 saturated heterocycles. The van der Waals surface area contributed by atoms with Gasteiger partial charge in [-0.1, -0.05) is 36.0 Å². The largest absolute Gasteiger partial charge is 0.468 e. The Kier molecular flexibility index (Phi) is 6.36. The van der Waals surface area contributed by atoms with Crippen molar-refractivity contribution in [1.29, 1.82) is 0 Å².